The number of halogens is 3. The van der Waals surface area contributed by atoms with Crippen LogP contribution in [0.15, 0.2) is 18.3 Å². The van der Waals surface area contributed by atoms with E-state index in [1.807, 2.05) is 13.8 Å². The molecule has 0 unspecified atom stereocenters. The van der Waals surface area contributed by atoms with Crippen LogP contribution in [0.25, 0.3) is 0 Å². The van der Waals surface area contributed by atoms with Crippen molar-refractivity contribution in [1.29, 1.82) is 0 Å². The molecule has 1 heterocycles. The van der Waals surface area contributed by atoms with E-state index in [-0.39, 0.29) is 10.0 Å². The van der Waals surface area contributed by atoms with Crippen LogP contribution in [0.2, 0.25) is 10.0 Å². The fourth-order valence-corrected chi connectivity index (χ4v) is 2.73. The summed E-state index contributed by atoms with van der Waals surface area (Å²) in [6.07, 6.45) is 1.75. The van der Waals surface area contributed by atoms with Crippen LogP contribution in [0.3, 0.4) is 0 Å². The van der Waals surface area contributed by atoms with Gasteiger partial charge in [0, 0.05) is 17.3 Å². The van der Waals surface area contributed by atoms with Gasteiger partial charge in [0.15, 0.2) is 0 Å². The predicted octanol–water partition coefficient (Wildman–Crippen LogP) is 4.77. The highest BCUT2D eigenvalue weighted by atomic mass is 35.5. The maximum atomic E-state index is 13.2. The van der Waals surface area contributed by atoms with Gasteiger partial charge in [0.1, 0.15) is 11.6 Å². The summed E-state index contributed by atoms with van der Waals surface area (Å²) in [5.74, 6) is 0.333. The molecule has 1 N–H and O–H groups in total. The third kappa shape index (κ3) is 3.39. The van der Waals surface area contributed by atoms with E-state index in [0.717, 1.165) is 22.6 Å². The van der Waals surface area contributed by atoms with Gasteiger partial charge < -0.3 is 10.1 Å². The first-order chi connectivity index (χ1) is 9.93. The van der Waals surface area contributed by atoms with Crippen molar-refractivity contribution >= 4 is 28.9 Å². The number of anilines is 1. The maximum absolute atomic E-state index is 13.2. The number of hydrogen-bond donors (Lipinski definition) is 1. The molecular formula is C15H15Cl2FN2O. The van der Waals surface area contributed by atoms with Crippen molar-refractivity contribution < 1.29 is 9.13 Å². The largest absolute Gasteiger partial charge is 0.496 e. The molecule has 3 nitrogen and oxygen atoms in total. The van der Waals surface area contributed by atoms with Gasteiger partial charge in [0.2, 0.25) is 0 Å². The van der Waals surface area contributed by atoms with Crippen LogP contribution in [0.5, 0.6) is 5.75 Å². The normalized spacial score (nSPS) is 10.6. The average molecular weight is 329 g/mol. The molecule has 0 bridgehead atoms. The van der Waals surface area contributed by atoms with Crippen LogP contribution in [-0.4, -0.2) is 12.1 Å². The first kappa shape index (κ1) is 15.9. The molecular weight excluding hydrogens is 314 g/mol. The maximum Gasteiger partial charge on any atom is 0.128 e. The molecule has 2 aromatic rings. The summed E-state index contributed by atoms with van der Waals surface area (Å²) in [5.41, 5.74) is 3.21. The van der Waals surface area contributed by atoms with Gasteiger partial charge in [-0.05, 0) is 26.0 Å². The Morgan fingerprint density at radius 3 is 2.43 bits per heavy atom. The lowest BCUT2D eigenvalue weighted by molar-refractivity contribution is 0.407. The molecule has 0 fully saturated rings. The summed E-state index contributed by atoms with van der Waals surface area (Å²) < 4.78 is 18.5. The zero-order valence-corrected chi connectivity index (χ0v) is 13.4. The molecule has 0 amide bonds. The monoisotopic (exact) mass is 328 g/mol. The molecule has 0 saturated heterocycles. The fourth-order valence-electron chi connectivity index (χ4n) is 2.13. The number of hydrogen-bond acceptors (Lipinski definition) is 3. The third-order valence-electron chi connectivity index (χ3n) is 3.19. The smallest absolute Gasteiger partial charge is 0.128 e. The molecule has 1 aromatic heterocycles. The average Bonchev–Trinajstić information content (AvgIpc) is 2.40. The molecule has 0 aliphatic carbocycles. The molecule has 6 heteroatoms. The number of ether oxygens (including phenoxy) is 1. The Morgan fingerprint density at radius 1 is 1.24 bits per heavy atom. The first-order valence-corrected chi connectivity index (χ1v) is 7.07. The molecule has 112 valence electrons. The molecule has 0 aliphatic rings. The van der Waals surface area contributed by atoms with Crippen LogP contribution in [-0.2, 0) is 6.54 Å². The number of nitrogens with one attached hydrogen (secondary N) is 1. The van der Waals surface area contributed by atoms with Crippen molar-refractivity contribution in [3.05, 3.63) is 51.0 Å². The molecule has 0 saturated carbocycles. The minimum Gasteiger partial charge on any atom is -0.496 e. The predicted molar refractivity (Wildman–Crippen MR) is 84.0 cm³/mol. The van der Waals surface area contributed by atoms with Gasteiger partial charge in [-0.25, -0.2) is 4.39 Å². The van der Waals surface area contributed by atoms with Gasteiger partial charge in [-0.1, -0.05) is 23.2 Å². The Kier molecular flexibility index (Phi) is 4.91. The highest BCUT2D eigenvalue weighted by molar-refractivity contribution is 6.39. The van der Waals surface area contributed by atoms with E-state index in [1.165, 1.54) is 12.1 Å². The second kappa shape index (κ2) is 6.50. The summed E-state index contributed by atoms with van der Waals surface area (Å²) in [6, 6.07) is 2.43. The minimum absolute atomic E-state index is 0.233. The van der Waals surface area contributed by atoms with Crippen LogP contribution >= 0.6 is 23.2 Å². The SMILES string of the molecule is COc1c(C)cnc(CNc2c(Cl)cc(F)cc2Cl)c1C. The van der Waals surface area contributed by atoms with Crippen LogP contribution < -0.4 is 10.1 Å². The van der Waals surface area contributed by atoms with E-state index < -0.39 is 5.82 Å². The number of methoxy groups -OCH3 is 1. The highest BCUT2D eigenvalue weighted by Crippen LogP contribution is 2.32. The van der Waals surface area contributed by atoms with Gasteiger partial charge >= 0.3 is 0 Å². The molecule has 1 aromatic carbocycles. The van der Waals surface area contributed by atoms with Crippen LogP contribution in [0, 0.1) is 19.7 Å². The number of aromatic nitrogens is 1. The van der Waals surface area contributed by atoms with Crippen molar-refractivity contribution in [2.75, 3.05) is 12.4 Å². The molecule has 21 heavy (non-hydrogen) atoms. The second-order valence-electron chi connectivity index (χ2n) is 4.64. The van der Waals surface area contributed by atoms with Gasteiger partial charge in [0.05, 0.1) is 35.1 Å². The minimum atomic E-state index is -0.470. The Bertz CT molecular complexity index is 654. The molecule has 0 spiro atoms. The van der Waals surface area contributed by atoms with Gasteiger partial charge in [-0.15, -0.1) is 0 Å². The quantitative estimate of drug-likeness (QED) is 0.878. The summed E-state index contributed by atoms with van der Waals surface area (Å²) in [7, 11) is 1.63. The standard InChI is InChI=1S/C15H15Cl2FN2O/c1-8-6-19-13(9(2)15(8)21-3)7-20-14-11(16)4-10(18)5-12(14)17/h4-6,20H,7H2,1-3H3. The Hall–Kier alpha value is -1.52. The molecule has 2 rings (SSSR count). The molecule has 0 radical (unpaired) electrons. The number of rotatable bonds is 4. The zero-order valence-electron chi connectivity index (χ0n) is 11.9. The lowest BCUT2D eigenvalue weighted by Gasteiger charge is -2.14. The summed E-state index contributed by atoms with van der Waals surface area (Å²) in [5, 5.41) is 3.55. The van der Waals surface area contributed by atoms with E-state index in [2.05, 4.69) is 10.3 Å². The van der Waals surface area contributed by atoms with Crippen molar-refractivity contribution in [2.24, 2.45) is 0 Å². The topological polar surface area (TPSA) is 34.1 Å². The fraction of sp³-hybridized carbons (Fsp3) is 0.267. The van der Waals surface area contributed by atoms with Crippen molar-refractivity contribution in [2.45, 2.75) is 20.4 Å². The van der Waals surface area contributed by atoms with E-state index >= 15 is 0 Å². The van der Waals surface area contributed by atoms with E-state index in [9.17, 15) is 4.39 Å². The number of aryl methyl sites for hydroxylation is 1. The zero-order chi connectivity index (χ0) is 15.6. The number of benzene rings is 1. The second-order valence-corrected chi connectivity index (χ2v) is 5.46. The summed E-state index contributed by atoms with van der Waals surface area (Å²) in [4.78, 5) is 4.38. The highest BCUT2D eigenvalue weighted by Gasteiger charge is 2.12. The first-order valence-electron chi connectivity index (χ1n) is 6.31. The third-order valence-corrected chi connectivity index (χ3v) is 3.79. The van der Waals surface area contributed by atoms with Crippen LogP contribution in [0.1, 0.15) is 16.8 Å². The Balaban J connectivity index is 2.25. The summed E-state index contributed by atoms with van der Waals surface area (Å²) >= 11 is 12.0. The van der Waals surface area contributed by atoms with Crippen molar-refractivity contribution in [3.63, 3.8) is 0 Å². The van der Waals surface area contributed by atoms with Crippen molar-refractivity contribution in [3.8, 4) is 5.75 Å². The van der Waals surface area contributed by atoms with Gasteiger partial charge in [-0.3, -0.25) is 4.98 Å². The van der Waals surface area contributed by atoms with Crippen molar-refractivity contribution in [1.82, 2.24) is 4.98 Å². The van der Waals surface area contributed by atoms with Crippen LogP contribution in [0.4, 0.5) is 10.1 Å². The van der Waals surface area contributed by atoms with Gasteiger partial charge in [-0.2, -0.15) is 0 Å². The van der Waals surface area contributed by atoms with E-state index in [4.69, 9.17) is 27.9 Å². The lowest BCUT2D eigenvalue weighted by Crippen LogP contribution is -2.07. The molecule has 0 atom stereocenters. The van der Waals surface area contributed by atoms with E-state index in [1.54, 1.807) is 13.3 Å². The number of nitrogens with zero attached hydrogens (tertiary/aromatic N) is 1. The van der Waals surface area contributed by atoms with Gasteiger partial charge in [0.25, 0.3) is 0 Å². The Labute approximate surface area is 133 Å². The lowest BCUT2D eigenvalue weighted by atomic mass is 10.1. The number of pyridine rings is 1. The molecule has 0 aliphatic heterocycles. The summed E-state index contributed by atoms with van der Waals surface area (Å²) in [6.45, 7) is 4.28. The Morgan fingerprint density at radius 2 is 1.86 bits per heavy atom. The van der Waals surface area contributed by atoms with E-state index in [0.29, 0.717) is 12.2 Å².